The van der Waals surface area contributed by atoms with E-state index in [0.29, 0.717) is 23.1 Å². The van der Waals surface area contributed by atoms with Crippen molar-refractivity contribution in [2.75, 3.05) is 13.3 Å². The van der Waals surface area contributed by atoms with Crippen LogP contribution in [0.5, 0.6) is 11.5 Å². The quantitative estimate of drug-likeness (QED) is 0.925. The molecule has 1 fully saturated rings. The van der Waals surface area contributed by atoms with Crippen LogP contribution in [-0.4, -0.2) is 35.4 Å². The summed E-state index contributed by atoms with van der Waals surface area (Å²) in [5, 5.41) is 9.49. The van der Waals surface area contributed by atoms with Crippen LogP contribution in [0.1, 0.15) is 24.8 Å². The Morgan fingerprint density at radius 2 is 2.30 bits per heavy atom. The van der Waals surface area contributed by atoms with E-state index in [-0.39, 0.29) is 19.3 Å². The zero-order valence-corrected chi connectivity index (χ0v) is 11.7. The highest BCUT2D eigenvalue weighted by Gasteiger charge is 2.27. The molecule has 1 aromatic rings. The van der Waals surface area contributed by atoms with Gasteiger partial charge in [0.1, 0.15) is 0 Å². The molecule has 1 unspecified atom stereocenters. The lowest BCUT2D eigenvalue weighted by Gasteiger charge is -2.23. The summed E-state index contributed by atoms with van der Waals surface area (Å²) < 4.78 is 10.6. The Balaban J connectivity index is 1.74. The fourth-order valence-corrected chi connectivity index (χ4v) is 3.17. The second kappa shape index (κ2) is 5.50. The van der Waals surface area contributed by atoms with Crippen molar-refractivity contribution in [1.82, 2.24) is 4.90 Å². The Labute approximate surface area is 122 Å². The van der Waals surface area contributed by atoms with E-state index in [1.165, 1.54) is 0 Å². The van der Waals surface area contributed by atoms with Crippen LogP contribution in [0, 0.1) is 0 Å². The Bertz CT molecular complexity index is 534. The van der Waals surface area contributed by atoms with E-state index < -0.39 is 5.97 Å². The molecule has 20 heavy (non-hydrogen) atoms. The second-order valence-corrected chi connectivity index (χ2v) is 5.58. The molecule has 0 saturated carbocycles. The van der Waals surface area contributed by atoms with Crippen molar-refractivity contribution in [1.29, 1.82) is 0 Å². The molecule has 2 aliphatic heterocycles. The number of carboxylic acid groups (broad SMARTS) is 1. The van der Waals surface area contributed by atoms with Gasteiger partial charge in [-0.05, 0) is 37.1 Å². The van der Waals surface area contributed by atoms with Gasteiger partial charge in [0, 0.05) is 12.6 Å². The van der Waals surface area contributed by atoms with Crippen LogP contribution in [0.2, 0.25) is 5.02 Å². The zero-order valence-electron chi connectivity index (χ0n) is 11.0. The number of fused-ring (bicyclic) bond motifs is 1. The highest BCUT2D eigenvalue weighted by atomic mass is 35.5. The predicted molar refractivity (Wildman–Crippen MR) is 73.3 cm³/mol. The fraction of sp³-hybridized carbons (Fsp3) is 0.500. The van der Waals surface area contributed by atoms with Crippen LogP contribution in [0.4, 0.5) is 0 Å². The summed E-state index contributed by atoms with van der Waals surface area (Å²) in [5.74, 6) is 0.519. The molecule has 1 aromatic carbocycles. The van der Waals surface area contributed by atoms with E-state index >= 15 is 0 Å². The third kappa shape index (κ3) is 2.69. The molecule has 1 saturated heterocycles. The van der Waals surface area contributed by atoms with Crippen molar-refractivity contribution in [2.45, 2.75) is 31.8 Å². The van der Waals surface area contributed by atoms with Crippen molar-refractivity contribution < 1.29 is 19.4 Å². The number of hydrogen-bond acceptors (Lipinski definition) is 4. The van der Waals surface area contributed by atoms with E-state index in [4.69, 9.17) is 26.2 Å². The van der Waals surface area contributed by atoms with Crippen molar-refractivity contribution in [2.24, 2.45) is 0 Å². The van der Waals surface area contributed by atoms with E-state index in [0.717, 1.165) is 24.9 Å². The highest BCUT2D eigenvalue weighted by molar-refractivity contribution is 6.32. The molecule has 2 heterocycles. The van der Waals surface area contributed by atoms with Crippen LogP contribution in [-0.2, 0) is 11.3 Å². The van der Waals surface area contributed by atoms with Gasteiger partial charge in [-0.2, -0.15) is 0 Å². The number of carbonyl (C=O) groups is 1. The van der Waals surface area contributed by atoms with Crippen LogP contribution < -0.4 is 9.47 Å². The largest absolute Gasteiger partial charge is 0.481 e. The number of rotatable bonds is 4. The topological polar surface area (TPSA) is 59.0 Å². The van der Waals surface area contributed by atoms with Gasteiger partial charge < -0.3 is 14.6 Å². The minimum Gasteiger partial charge on any atom is -0.481 e. The molecule has 0 bridgehead atoms. The van der Waals surface area contributed by atoms with Crippen LogP contribution in [0.25, 0.3) is 0 Å². The zero-order chi connectivity index (χ0) is 14.1. The van der Waals surface area contributed by atoms with E-state index in [1.807, 2.05) is 12.1 Å². The molecule has 0 amide bonds. The molecule has 6 heteroatoms. The van der Waals surface area contributed by atoms with E-state index in [1.54, 1.807) is 0 Å². The number of halogens is 1. The minimum absolute atomic E-state index is 0.108. The first-order valence-electron chi connectivity index (χ1n) is 6.67. The molecule has 2 aliphatic rings. The molecule has 0 aromatic heterocycles. The van der Waals surface area contributed by atoms with Gasteiger partial charge in [-0.1, -0.05) is 11.6 Å². The maximum absolute atomic E-state index is 10.9. The first-order valence-corrected chi connectivity index (χ1v) is 7.05. The number of likely N-dealkylation sites (tertiary alicyclic amines) is 1. The third-order valence-electron chi connectivity index (χ3n) is 3.78. The SMILES string of the molecule is O=C(O)CC1CCCN1Cc1cc(Cl)c2c(c1)OCO2. The lowest BCUT2D eigenvalue weighted by molar-refractivity contribution is -0.138. The van der Waals surface area contributed by atoms with Crippen molar-refractivity contribution in [3.63, 3.8) is 0 Å². The van der Waals surface area contributed by atoms with Gasteiger partial charge in [-0.3, -0.25) is 9.69 Å². The number of ether oxygens (including phenoxy) is 2. The summed E-state index contributed by atoms with van der Waals surface area (Å²) in [5.41, 5.74) is 1.02. The van der Waals surface area contributed by atoms with Crippen LogP contribution in [0.15, 0.2) is 12.1 Å². The molecule has 3 rings (SSSR count). The predicted octanol–water partition coefficient (Wildman–Crippen LogP) is 2.51. The summed E-state index contributed by atoms with van der Waals surface area (Å²) in [6, 6.07) is 3.90. The third-order valence-corrected chi connectivity index (χ3v) is 4.06. The summed E-state index contributed by atoms with van der Waals surface area (Å²) >= 11 is 6.16. The normalized spacial score (nSPS) is 21.4. The molecule has 108 valence electrons. The number of hydrogen-bond donors (Lipinski definition) is 1. The molecule has 0 spiro atoms. The van der Waals surface area contributed by atoms with Gasteiger partial charge in [-0.25, -0.2) is 0 Å². The van der Waals surface area contributed by atoms with Crippen LogP contribution in [0.3, 0.4) is 0 Å². The van der Waals surface area contributed by atoms with Crippen molar-refractivity contribution >= 4 is 17.6 Å². The fourth-order valence-electron chi connectivity index (χ4n) is 2.88. The Morgan fingerprint density at radius 3 is 3.10 bits per heavy atom. The van der Waals surface area contributed by atoms with Gasteiger partial charge in [-0.15, -0.1) is 0 Å². The maximum atomic E-state index is 10.9. The number of carboxylic acids is 1. The minimum atomic E-state index is -0.745. The summed E-state index contributed by atoms with van der Waals surface area (Å²) in [7, 11) is 0. The molecule has 1 N–H and O–H groups in total. The van der Waals surface area contributed by atoms with Gasteiger partial charge in [0.05, 0.1) is 11.4 Å². The standard InChI is InChI=1S/C14H16ClNO4/c15-11-4-9(5-12-14(11)20-8-19-12)7-16-3-1-2-10(16)6-13(17)18/h4-5,10H,1-3,6-8H2,(H,17,18). The number of aliphatic carboxylic acids is 1. The van der Waals surface area contributed by atoms with Crippen molar-refractivity contribution in [3.05, 3.63) is 22.7 Å². The Morgan fingerprint density at radius 1 is 1.45 bits per heavy atom. The molecule has 0 radical (unpaired) electrons. The summed E-state index contributed by atoms with van der Waals surface area (Å²) in [6.07, 6.45) is 2.17. The molecular formula is C14H16ClNO4. The summed E-state index contributed by atoms with van der Waals surface area (Å²) in [6.45, 7) is 1.81. The van der Waals surface area contributed by atoms with Gasteiger partial charge in [0.15, 0.2) is 11.5 Å². The van der Waals surface area contributed by atoms with Gasteiger partial charge in [0.25, 0.3) is 0 Å². The van der Waals surface area contributed by atoms with E-state index in [2.05, 4.69) is 4.90 Å². The first kappa shape index (κ1) is 13.5. The second-order valence-electron chi connectivity index (χ2n) is 5.18. The molecular weight excluding hydrogens is 282 g/mol. The van der Waals surface area contributed by atoms with Gasteiger partial charge in [0.2, 0.25) is 6.79 Å². The van der Waals surface area contributed by atoms with E-state index in [9.17, 15) is 4.79 Å². The van der Waals surface area contributed by atoms with Crippen LogP contribution >= 0.6 is 11.6 Å². The average molecular weight is 298 g/mol. The van der Waals surface area contributed by atoms with Gasteiger partial charge >= 0.3 is 5.97 Å². The molecule has 1 atom stereocenters. The lowest BCUT2D eigenvalue weighted by atomic mass is 10.1. The molecule has 0 aliphatic carbocycles. The summed E-state index contributed by atoms with van der Waals surface area (Å²) in [4.78, 5) is 13.1. The maximum Gasteiger partial charge on any atom is 0.304 e. The first-order chi connectivity index (χ1) is 9.63. The monoisotopic (exact) mass is 297 g/mol. The smallest absolute Gasteiger partial charge is 0.304 e. The Hall–Kier alpha value is -1.46. The Kier molecular flexibility index (Phi) is 3.72. The molecule has 5 nitrogen and oxygen atoms in total. The lowest BCUT2D eigenvalue weighted by Crippen LogP contribution is -2.30. The van der Waals surface area contributed by atoms with Crippen molar-refractivity contribution in [3.8, 4) is 11.5 Å². The highest BCUT2D eigenvalue weighted by Crippen LogP contribution is 2.40. The number of benzene rings is 1. The number of nitrogens with zero attached hydrogens (tertiary/aromatic N) is 1. The average Bonchev–Trinajstić information content (AvgIpc) is 2.99.